The molecule has 0 radical (unpaired) electrons. The number of nitrogens with one attached hydrogen (secondary N) is 1. The smallest absolute Gasteiger partial charge is 0.0966 e. The maximum atomic E-state index is 5.67. The largest absolute Gasteiger partial charge is 0.376 e. The Balaban J connectivity index is 1.91. The molecule has 1 aromatic rings. The van der Waals surface area contributed by atoms with Crippen LogP contribution in [-0.2, 0) is 15.9 Å². The Bertz CT molecular complexity index is 273. The van der Waals surface area contributed by atoms with Gasteiger partial charge in [-0.1, -0.05) is 0 Å². The van der Waals surface area contributed by atoms with Gasteiger partial charge in [-0.25, -0.2) is 4.98 Å². The summed E-state index contributed by atoms with van der Waals surface area (Å²) in [5.74, 6) is 0. The van der Waals surface area contributed by atoms with Gasteiger partial charge in [0.05, 0.1) is 30.9 Å². The summed E-state index contributed by atoms with van der Waals surface area (Å²) in [5.41, 5.74) is 0. The van der Waals surface area contributed by atoms with Crippen molar-refractivity contribution in [2.24, 2.45) is 0 Å². The minimum absolute atomic E-state index is 0.146. The monoisotopic (exact) mass is 228 g/mol. The average molecular weight is 228 g/mol. The predicted octanol–water partition coefficient (Wildman–Crippen LogP) is 0.689. The van der Waals surface area contributed by atoms with Crippen LogP contribution in [0.15, 0.2) is 11.6 Å². The number of rotatable bonds is 4. The number of aromatic nitrogens is 1. The molecule has 0 aliphatic carbocycles. The topological polar surface area (TPSA) is 43.4 Å². The molecule has 0 bridgehead atoms. The van der Waals surface area contributed by atoms with E-state index in [2.05, 4.69) is 10.3 Å². The lowest BCUT2D eigenvalue weighted by Crippen LogP contribution is -2.46. The van der Waals surface area contributed by atoms with E-state index in [1.54, 1.807) is 11.3 Å². The lowest BCUT2D eigenvalue weighted by atomic mass is 10.1. The Kier molecular flexibility index (Phi) is 4.08. The SMILES string of the molecule is CNC(Cc1nccs1)C1COCCO1. The van der Waals surface area contributed by atoms with E-state index in [1.165, 1.54) is 0 Å². The molecule has 2 unspecified atom stereocenters. The van der Waals surface area contributed by atoms with Gasteiger partial charge in [-0.15, -0.1) is 11.3 Å². The van der Waals surface area contributed by atoms with Gasteiger partial charge >= 0.3 is 0 Å². The van der Waals surface area contributed by atoms with Crippen molar-refractivity contribution in [3.05, 3.63) is 16.6 Å². The second-order valence-corrected chi connectivity index (χ2v) is 4.49. The van der Waals surface area contributed by atoms with E-state index in [0.29, 0.717) is 19.8 Å². The second kappa shape index (κ2) is 5.55. The third kappa shape index (κ3) is 2.98. The van der Waals surface area contributed by atoms with Gasteiger partial charge in [0, 0.05) is 24.0 Å². The summed E-state index contributed by atoms with van der Waals surface area (Å²) in [7, 11) is 1.95. The zero-order valence-electron chi connectivity index (χ0n) is 8.81. The van der Waals surface area contributed by atoms with Gasteiger partial charge in [-0.3, -0.25) is 0 Å². The summed E-state index contributed by atoms with van der Waals surface area (Å²) in [6.07, 6.45) is 2.89. The first-order chi connectivity index (χ1) is 7.40. The summed E-state index contributed by atoms with van der Waals surface area (Å²) >= 11 is 1.68. The van der Waals surface area contributed by atoms with Crippen LogP contribution in [0.3, 0.4) is 0 Å². The molecule has 4 nitrogen and oxygen atoms in total. The fourth-order valence-corrected chi connectivity index (χ4v) is 2.38. The molecule has 0 amide bonds. The van der Waals surface area contributed by atoms with Crippen molar-refractivity contribution >= 4 is 11.3 Å². The molecule has 1 fully saturated rings. The van der Waals surface area contributed by atoms with E-state index in [0.717, 1.165) is 11.4 Å². The first-order valence-electron chi connectivity index (χ1n) is 5.15. The molecular formula is C10H16N2O2S. The minimum atomic E-state index is 0.146. The van der Waals surface area contributed by atoms with Crippen molar-refractivity contribution in [1.29, 1.82) is 0 Å². The summed E-state index contributed by atoms with van der Waals surface area (Å²) in [4.78, 5) is 4.28. The van der Waals surface area contributed by atoms with Crippen LogP contribution in [0, 0.1) is 0 Å². The summed E-state index contributed by atoms with van der Waals surface area (Å²) < 4.78 is 11.1. The molecule has 84 valence electrons. The summed E-state index contributed by atoms with van der Waals surface area (Å²) in [5, 5.41) is 6.41. The number of ether oxygens (including phenoxy) is 2. The molecule has 1 saturated heterocycles. The van der Waals surface area contributed by atoms with Gasteiger partial charge in [-0.2, -0.15) is 0 Å². The van der Waals surface area contributed by atoms with Crippen molar-refractivity contribution < 1.29 is 9.47 Å². The molecule has 2 atom stereocenters. The van der Waals surface area contributed by atoms with E-state index >= 15 is 0 Å². The van der Waals surface area contributed by atoms with Crippen molar-refractivity contribution in [2.75, 3.05) is 26.9 Å². The minimum Gasteiger partial charge on any atom is -0.376 e. The highest BCUT2D eigenvalue weighted by atomic mass is 32.1. The standard InChI is InChI=1S/C10H16N2O2S/c1-11-8(6-10-12-2-5-15-10)9-7-13-3-4-14-9/h2,5,8-9,11H,3-4,6-7H2,1H3. The molecule has 1 aliphatic heterocycles. The Hall–Kier alpha value is -0.490. The predicted molar refractivity (Wildman–Crippen MR) is 59.2 cm³/mol. The zero-order valence-corrected chi connectivity index (χ0v) is 9.63. The summed E-state index contributed by atoms with van der Waals surface area (Å²) in [6.45, 7) is 2.09. The van der Waals surface area contributed by atoms with Crippen molar-refractivity contribution in [3.8, 4) is 0 Å². The molecule has 5 heteroatoms. The van der Waals surface area contributed by atoms with E-state index in [-0.39, 0.29) is 12.1 Å². The highest BCUT2D eigenvalue weighted by molar-refractivity contribution is 7.09. The fraction of sp³-hybridized carbons (Fsp3) is 0.700. The molecule has 1 aliphatic rings. The van der Waals surface area contributed by atoms with Crippen LogP contribution < -0.4 is 5.32 Å². The van der Waals surface area contributed by atoms with E-state index in [4.69, 9.17) is 9.47 Å². The van der Waals surface area contributed by atoms with Gasteiger partial charge < -0.3 is 14.8 Å². The fourth-order valence-electron chi connectivity index (χ4n) is 1.70. The normalized spacial score (nSPS) is 23.9. The molecule has 0 saturated carbocycles. The zero-order chi connectivity index (χ0) is 10.5. The van der Waals surface area contributed by atoms with Crippen LogP contribution in [0.1, 0.15) is 5.01 Å². The molecule has 0 spiro atoms. The molecule has 2 rings (SSSR count). The molecular weight excluding hydrogens is 212 g/mol. The van der Waals surface area contributed by atoms with E-state index < -0.39 is 0 Å². The van der Waals surface area contributed by atoms with Crippen LogP contribution in [0.5, 0.6) is 0 Å². The maximum absolute atomic E-state index is 5.67. The van der Waals surface area contributed by atoms with Gasteiger partial charge in [0.2, 0.25) is 0 Å². The molecule has 2 heterocycles. The quantitative estimate of drug-likeness (QED) is 0.823. The third-order valence-corrected chi connectivity index (χ3v) is 3.34. The van der Waals surface area contributed by atoms with Crippen LogP contribution in [0.25, 0.3) is 0 Å². The maximum Gasteiger partial charge on any atom is 0.0966 e. The Morgan fingerprint density at radius 3 is 3.20 bits per heavy atom. The Morgan fingerprint density at radius 2 is 2.60 bits per heavy atom. The van der Waals surface area contributed by atoms with E-state index in [9.17, 15) is 0 Å². The first-order valence-corrected chi connectivity index (χ1v) is 6.03. The Labute approximate surface area is 93.6 Å². The highest BCUT2D eigenvalue weighted by Gasteiger charge is 2.24. The number of hydrogen-bond donors (Lipinski definition) is 1. The lowest BCUT2D eigenvalue weighted by molar-refractivity contribution is -0.100. The molecule has 0 aromatic carbocycles. The van der Waals surface area contributed by atoms with E-state index in [1.807, 2.05) is 18.6 Å². The average Bonchev–Trinajstić information content (AvgIpc) is 2.80. The van der Waals surface area contributed by atoms with Crippen LogP contribution in [-0.4, -0.2) is 44.0 Å². The number of hydrogen-bond acceptors (Lipinski definition) is 5. The van der Waals surface area contributed by atoms with Crippen LogP contribution >= 0.6 is 11.3 Å². The number of thiazole rings is 1. The van der Waals surface area contributed by atoms with Gasteiger partial charge in [0.25, 0.3) is 0 Å². The highest BCUT2D eigenvalue weighted by Crippen LogP contribution is 2.13. The van der Waals surface area contributed by atoms with Crippen molar-refractivity contribution in [1.82, 2.24) is 10.3 Å². The van der Waals surface area contributed by atoms with Crippen molar-refractivity contribution in [2.45, 2.75) is 18.6 Å². The number of likely N-dealkylation sites (N-methyl/N-ethyl adjacent to an activating group) is 1. The number of nitrogens with zero attached hydrogens (tertiary/aromatic N) is 1. The lowest BCUT2D eigenvalue weighted by Gasteiger charge is -2.29. The molecule has 1 N–H and O–H groups in total. The Morgan fingerprint density at radius 1 is 1.67 bits per heavy atom. The first kappa shape index (κ1) is 11.0. The van der Waals surface area contributed by atoms with Crippen molar-refractivity contribution in [3.63, 3.8) is 0 Å². The van der Waals surface area contributed by atoms with Crippen LogP contribution in [0.2, 0.25) is 0 Å². The molecule has 1 aromatic heterocycles. The van der Waals surface area contributed by atoms with Gasteiger partial charge in [0.15, 0.2) is 0 Å². The second-order valence-electron chi connectivity index (χ2n) is 3.51. The summed E-state index contributed by atoms with van der Waals surface area (Å²) in [6, 6.07) is 0.288. The van der Waals surface area contributed by atoms with Crippen LogP contribution in [0.4, 0.5) is 0 Å². The third-order valence-electron chi connectivity index (χ3n) is 2.54. The van der Waals surface area contributed by atoms with Gasteiger partial charge in [0.1, 0.15) is 0 Å². The molecule has 15 heavy (non-hydrogen) atoms. The van der Waals surface area contributed by atoms with Gasteiger partial charge in [-0.05, 0) is 7.05 Å².